The summed E-state index contributed by atoms with van der Waals surface area (Å²) >= 11 is 1.90. The van der Waals surface area contributed by atoms with E-state index in [2.05, 4.69) is 33.3 Å². The first kappa shape index (κ1) is 14.9. The number of likely N-dealkylation sites (N-methyl/N-ethyl adjacent to an activating group) is 1. The molecule has 1 saturated heterocycles. The van der Waals surface area contributed by atoms with E-state index in [1.165, 1.54) is 42.5 Å². The summed E-state index contributed by atoms with van der Waals surface area (Å²) in [6, 6.07) is 0. The summed E-state index contributed by atoms with van der Waals surface area (Å²) in [6.07, 6.45) is 5.55. The fourth-order valence-corrected chi connectivity index (χ4v) is 3.30. The highest BCUT2D eigenvalue weighted by atomic mass is 32.1. The van der Waals surface area contributed by atoms with Gasteiger partial charge in [0.05, 0.1) is 5.01 Å². The van der Waals surface area contributed by atoms with Gasteiger partial charge in [0.2, 0.25) is 0 Å². The van der Waals surface area contributed by atoms with Crippen LogP contribution in [0.3, 0.4) is 0 Å². The quantitative estimate of drug-likeness (QED) is 0.759. The van der Waals surface area contributed by atoms with E-state index in [0.717, 1.165) is 25.9 Å². The van der Waals surface area contributed by atoms with Crippen LogP contribution in [-0.4, -0.2) is 68.1 Å². The topological polar surface area (TPSA) is 31.4 Å². The second-order valence-corrected chi connectivity index (χ2v) is 6.52. The lowest BCUT2D eigenvalue weighted by Crippen LogP contribution is -2.45. The monoisotopic (exact) mass is 282 g/mol. The summed E-state index contributed by atoms with van der Waals surface area (Å²) < 4.78 is 0. The van der Waals surface area contributed by atoms with E-state index in [0.29, 0.717) is 0 Å². The zero-order valence-corrected chi connectivity index (χ0v) is 13.0. The molecule has 19 heavy (non-hydrogen) atoms. The van der Waals surface area contributed by atoms with E-state index < -0.39 is 0 Å². The van der Waals surface area contributed by atoms with E-state index in [4.69, 9.17) is 0 Å². The molecule has 108 valence electrons. The molecule has 0 aromatic carbocycles. The first-order chi connectivity index (χ1) is 9.28. The molecular formula is C14H26N4S. The lowest BCUT2D eigenvalue weighted by molar-refractivity contribution is 0.155. The van der Waals surface area contributed by atoms with E-state index in [-0.39, 0.29) is 0 Å². The minimum atomic E-state index is 1.09. The zero-order valence-electron chi connectivity index (χ0n) is 12.2. The lowest BCUT2D eigenvalue weighted by Gasteiger charge is -2.32. The van der Waals surface area contributed by atoms with Crippen LogP contribution in [0.25, 0.3) is 0 Å². The molecule has 1 aromatic rings. The van der Waals surface area contributed by atoms with Gasteiger partial charge in [-0.15, -0.1) is 11.3 Å². The predicted octanol–water partition coefficient (Wildman–Crippen LogP) is 1.08. The minimum absolute atomic E-state index is 1.09. The maximum atomic E-state index is 4.56. The number of hydrogen-bond acceptors (Lipinski definition) is 5. The molecule has 1 aliphatic heterocycles. The maximum absolute atomic E-state index is 4.56. The fraction of sp³-hybridized carbons (Fsp3) is 0.786. The molecule has 1 N–H and O–H groups in total. The van der Waals surface area contributed by atoms with Gasteiger partial charge < -0.3 is 15.1 Å². The second kappa shape index (κ2) is 7.94. The number of nitrogens with zero attached hydrogens (tertiary/aromatic N) is 3. The van der Waals surface area contributed by atoms with Crippen LogP contribution in [-0.2, 0) is 12.8 Å². The molecule has 0 spiro atoms. The third-order valence-corrected chi connectivity index (χ3v) is 4.81. The van der Waals surface area contributed by atoms with Crippen molar-refractivity contribution in [3.05, 3.63) is 16.1 Å². The molecule has 1 fully saturated rings. The van der Waals surface area contributed by atoms with E-state index in [1.54, 1.807) is 0 Å². The third-order valence-electron chi connectivity index (χ3n) is 3.69. The average Bonchev–Trinajstić information content (AvgIpc) is 2.86. The van der Waals surface area contributed by atoms with Crippen molar-refractivity contribution >= 4 is 11.3 Å². The summed E-state index contributed by atoms with van der Waals surface area (Å²) in [5, 5.41) is 4.49. The van der Waals surface area contributed by atoms with Crippen LogP contribution in [0.4, 0.5) is 0 Å². The van der Waals surface area contributed by atoms with Gasteiger partial charge in [0, 0.05) is 50.2 Å². The van der Waals surface area contributed by atoms with Crippen LogP contribution in [0.5, 0.6) is 0 Å². The third kappa shape index (κ3) is 5.18. The number of nitrogens with one attached hydrogen (secondary N) is 1. The maximum Gasteiger partial charge on any atom is 0.0940 e. The van der Waals surface area contributed by atoms with Gasteiger partial charge >= 0.3 is 0 Å². The van der Waals surface area contributed by atoms with Gasteiger partial charge in [-0.3, -0.25) is 0 Å². The standard InChI is InChI=1S/C14H26N4S/c1-15-6-3-4-13-12-16-14(19-13)5-7-18-10-8-17(2)9-11-18/h12,15H,3-11H2,1-2H3. The van der Waals surface area contributed by atoms with Crippen molar-refractivity contribution in [2.75, 3.05) is 53.4 Å². The molecule has 0 unspecified atom stereocenters. The number of aryl methyl sites for hydroxylation is 1. The van der Waals surface area contributed by atoms with E-state index in [1.807, 2.05) is 18.4 Å². The molecule has 0 atom stereocenters. The van der Waals surface area contributed by atoms with Crippen LogP contribution in [0, 0.1) is 0 Å². The number of thiazole rings is 1. The van der Waals surface area contributed by atoms with Crippen molar-refractivity contribution in [1.29, 1.82) is 0 Å². The van der Waals surface area contributed by atoms with E-state index in [9.17, 15) is 0 Å². The Morgan fingerprint density at radius 3 is 2.79 bits per heavy atom. The number of aromatic nitrogens is 1. The van der Waals surface area contributed by atoms with Crippen LogP contribution in [0.15, 0.2) is 6.20 Å². The molecule has 0 radical (unpaired) electrons. The summed E-state index contributed by atoms with van der Waals surface area (Å²) in [4.78, 5) is 10.9. The highest BCUT2D eigenvalue weighted by Crippen LogP contribution is 2.15. The fourth-order valence-electron chi connectivity index (χ4n) is 2.34. The molecule has 5 heteroatoms. The molecule has 2 rings (SSSR count). The summed E-state index contributed by atoms with van der Waals surface area (Å²) in [5.41, 5.74) is 0. The zero-order chi connectivity index (χ0) is 13.5. The van der Waals surface area contributed by atoms with Gasteiger partial charge in [0.15, 0.2) is 0 Å². The number of rotatable bonds is 7. The van der Waals surface area contributed by atoms with Gasteiger partial charge in [0.1, 0.15) is 0 Å². The summed E-state index contributed by atoms with van der Waals surface area (Å²) in [5.74, 6) is 0. The summed E-state index contributed by atoms with van der Waals surface area (Å²) in [6.45, 7) is 7.07. The first-order valence-electron chi connectivity index (χ1n) is 7.27. The van der Waals surface area contributed by atoms with Crippen molar-refractivity contribution in [1.82, 2.24) is 20.1 Å². The van der Waals surface area contributed by atoms with Crippen molar-refractivity contribution in [2.45, 2.75) is 19.3 Å². The predicted molar refractivity (Wildman–Crippen MR) is 82.0 cm³/mol. The molecule has 0 amide bonds. The highest BCUT2D eigenvalue weighted by molar-refractivity contribution is 7.11. The van der Waals surface area contributed by atoms with Gasteiger partial charge in [-0.25, -0.2) is 4.98 Å². The Hall–Kier alpha value is -0.490. The molecule has 0 saturated carbocycles. The van der Waals surface area contributed by atoms with Crippen LogP contribution in [0.1, 0.15) is 16.3 Å². The molecule has 2 heterocycles. The Kier molecular flexibility index (Phi) is 6.23. The first-order valence-corrected chi connectivity index (χ1v) is 8.08. The van der Waals surface area contributed by atoms with Crippen LogP contribution >= 0.6 is 11.3 Å². The largest absolute Gasteiger partial charge is 0.320 e. The Labute approximate surface area is 120 Å². The molecule has 1 aromatic heterocycles. The Morgan fingerprint density at radius 1 is 1.26 bits per heavy atom. The van der Waals surface area contributed by atoms with Crippen molar-refractivity contribution < 1.29 is 0 Å². The summed E-state index contributed by atoms with van der Waals surface area (Å²) in [7, 11) is 4.21. The van der Waals surface area contributed by atoms with Crippen molar-refractivity contribution in [2.24, 2.45) is 0 Å². The molecular weight excluding hydrogens is 256 g/mol. The minimum Gasteiger partial charge on any atom is -0.320 e. The molecule has 4 nitrogen and oxygen atoms in total. The molecule has 0 bridgehead atoms. The lowest BCUT2D eigenvalue weighted by atomic mass is 10.3. The van der Waals surface area contributed by atoms with Crippen molar-refractivity contribution in [3.8, 4) is 0 Å². The normalized spacial score (nSPS) is 18.0. The Balaban J connectivity index is 1.68. The second-order valence-electron chi connectivity index (χ2n) is 5.32. The average molecular weight is 282 g/mol. The van der Waals surface area contributed by atoms with Crippen LogP contribution in [0.2, 0.25) is 0 Å². The van der Waals surface area contributed by atoms with Crippen molar-refractivity contribution in [3.63, 3.8) is 0 Å². The van der Waals surface area contributed by atoms with Crippen LogP contribution < -0.4 is 5.32 Å². The van der Waals surface area contributed by atoms with Gasteiger partial charge in [-0.2, -0.15) is 0 Å². The van der Waals surface area contributed by atoms with Gasteiger partial charge in [-0.05, 0) is 33.5 Å². The van der Waals surface area contributed by atoms with E-state index >= 15 is 0 Å². The number of hydrogen-bond donors (Lipinski definition) is 1. The Bertz CT molecular complexity index is 358. The smallest absolute Gasteiger partial charge is 0.0940 e. The number of piperazine rings is 1. The highest BCUT2D eigenvalue weighted by Gasteiger charge is 2.13. The SMILES string of the molecule is CNCCCc1cnc(CCN2CCN(C)CC2)s1. The molecule has 1 aliphatic rings. The van der Waals surface area contributed by atoms with Gasteiger partial charge in [0.25, 0.3) is 0 Å². The molecule has 0 aliphatic carbocycles. The Morgan fingerprint density at radius 2 is 2.05 bits per heavy atom. The van der Waals surface area contributed by atoms with Gasteiger partial charge in [-0.1, -0.05) is 0 Å².